The van der Waals surface area contributed by atoms with E-state index < -0.39 is 6.61 Å². The summed E-state index contributed by atoms with van der Waals surface area (Å²) in [4.78, 5) is 0. The van der Waals surface area contributed by atoms with E-state index in [1.54, 1.807) is 24.3 Å². The Hall–Kier alpha value is -1.44. The first-order valence-corrected chi connectivity index (χ1v) is 6.86. The molecule has 20 heavy (non-hydrogen) atoms. The fourth-order valence-electron chi connectivity index (χ4n) is 1.68. The third-order valence-electron chi connectivity index (χ3n) is 2.59. The highest BCUT2D eigenvalue weighted by molar-refractivity contribution is 14.1. The standard InChI is InChI=1S/C14H11F3INO/c15-10-5-6-12(11(18)7-10)19-8-9-3-1-2-4-13(9)20-14(16)17/h1-7,14,19H,8H2. The van der Waals surface area contributed by atoms with Crippen molar-refractivity contribution in [1.29, 1.82) is 0 Å². The summed E-state index contributed by atoms with van der Waals surface area (Å²) in [6, 6.07) is 10.9. The highest BCUT2D eigenvalue weighted by Gasteiger charge is 2.09. The van der Waals surface area contributed by atoms with Gasteiger partial charge in [-0.1, -0.05) is 18.2 Å². The highest BCUT2D eigenvalue weighted by Crippen LogP contribution is 2.24. The molecular formula is C14H11F3INO. The van der Waals surface area contributed by atoms with Crippen molar-refractivity contribution in [1.82, 2.24) is 0 Å². The van der Waals surface area contributed by atoms with E-state index in [1.165, 1.54) is 18.2 Å². The van der Waals surface area contributed by atoms with Crippen molar-refractivity contribution in [3.63, 3.8) is 0 Å². The number of halogens is 4. The number of nitrogens with one attached hydrogen (secondary N) is 1. The Balaban J connectivity index is 2.10. The zero-order chi connectivity index (χ0) is 14.5. The molecule has 0 aromatic heterocycles. The van der Waals surface area contributed by atoms with Gasteiger partial charge in [0.2, 0.25) is 0 Å². The highest BCUT2D eigenvalue weighted by atomic mass is 127. The predicted octanol–water partition coefficient (Wildman–Crippen LogP) is 4.64. The molecule has 0 amide bonds. The van der Waals surface area contributed by atoms with E-state index in [2.05, 4.69) is 10.1 Å². The topological polar surface area (TPSA) is 21.3 Å². The van der Waals surface area contributed by atoms with Crippen LogP contribution in [-0.2, 0) is 6.54 Å². The molecule has 0 saturated carbocycles. The van der Waals surface area contributed by atoms with E-state index in [0.717, 1.165) is 9.26 Å². The van der Waals surface area contributed by atoms with Crippen molar-refractivity contribution < 1.29 is 17.9 Å². The van der Waals surface area contributed by atoms with Gasteiger partial charge in [0.15, 0.2) is 0 Å². The summed E-state index contributed by atoms with van der Waals surface area (Å²) in [6.45, 7) is -2.55. The van der Waals surface area contributed by atoms with E-state index in [9.17, 15) is 13.2 Å². The van der Waals surface area contributed by atoms with Crippen LogP contribution in [0.1, 0.15) is 5.56 Å². The zero-order valence-electron chi connectivity index (χ0n) is 10.2. The maximum absolute atomic E-state index is 13.0. The van der Waals surface area contributed by atoms with Crippen LogP contribution in [-0.4, -0.2) is 6.61 Å². The maximum atomic E-state index is 13.0. The fourth-order valence-corrected chi connectivity index (χ4v) is 2.35. The van der Waals surface area contributed by atoms with Gasteiger partial charge >= 0.3 is 6.61 Å². The van der Waals surface area contributed by atoms with Gasteiger partial charge in [-0.25, -0.2) is 4.39 Å². The largest absolute Gasteiger partial charge is 0.434 e. The summed E-state index contributed by atoms with van der Waals surface area (Å²) in [5.74, 6) is -0.187. The molecule has 2 nitrogen and oxygen atoms in total. The number of benzene rings is 2. The zero-order valence-corrected chi connectivity index (χ0v) is 12.4. The van der Waals surface area contributed by atoms with Crippen LogP contribution in [0.4, 0.5) is 18.9 Å². The molecule has 0 spiro atoms. The van der Waals surface area contributed by atoms with Crippen LogP contribution in [0.3, 0.4) is 0 Å². The molecule has 0 aliphatic carbocycles. The van der Waals surface area contributed by atoms with Crippen molar-refractivity contribution in [3.8, 4) is 5.75 Å². The third-order valence-corrected chi connectivity index (χ3v) is 3.48. The molecule has 106 valence electrons. The maximum Gasteiger partial charge on any atom is 0.387 e. The quantitative estimate of drug-likeness (QED) is 0.748. The average molecular weight is 393 g/mol. The third kappa shape index (κ3) is 4.03. The second kappa shape index (κ2) is 6.83. The summed E-state index contributed by atoms with van der Waals surface area (Å²) in [7, 11) is 0. The van der Waals surface area contributed by atoms with Crippen LogP contribution in [0.15, 0.2) is 42.5 Å². The first-order chi connectivity index (χ1) is 9.56. The van der Waals surface area contributed by atoms with E-state index >= 15 is 0 Å². The molecule has 0 fully saturated rings. The second-order valence-corrected chi connectivity index (χ2v) is 5.13. The Morgan fingerprint density at radius 2 is 1.90 bits per heavy atom. The Bertz CT molecular complexity index is 592. The summed E-state index contributed by atoms with van der Waals surface area (Å²) >= 11 is 2.00. The van der Waals surface area contributed by atoms with Crippen molar-refractivity contribution in [2.75, 3.05) is 5.32 Å². The van der Waals surface area contributed by atoms with Gasteiger partial charge in [-0.15, -0.1) is 0 Å². The van der Waals surface area contributed by atoms with Gasteiger partial charge in [-0.2, -0.15) is 8.78 Å². The number of hydrogen-bond acceptors (Lipinski definition) is 2. The number of alkyl halides is 2. The molecule has 2 aromatic carbocycles. The molecule has 2 aromatic rings. The van der Waals surface area contributed by atoms with Crippen LogP contribution in [0, 0.1) is 9.39 Å². The van der Waals surface area contributed by atoms with Gasteiger partial charge < -0.3 is 10.1 Å². The molecule has 0 atom stereocenters. The lowest BCUT2D eigenvalue weighted by atomic mass is 10.2. The predicted molar refractivity (Wildman–Crippen MR) is 79.5 cm³/mol. The Morgan fingerprint density at radius 1 is 1.15 bits per heavy atom. The van der Waals surface area contributed by atoms with Crippen molar-refractivity contribution in [3.05, 3.63) is 57.4 Å². The number of rotatable bonds is 5. The molecule has 0 bridgehead atoms. The lowest BCUT2D eigenvalue weighted by molar-refractivity contribution is -0.0504. The Morgan fingerprint density at radius 3 is 2.60 bits per heavy atom. The van der Waals surface area contributed by atoms with Crippen LogP contribution in [0.2, 0.25) is 0 Å². The molecule has 1 N–H and O–H groups in total. The summed E-state index contributed by atoms with van der Waals surface area (Å²) in [5.41, 5.74) is 1.34. The summed E-state index contributed by atoms with van der Waals surface area (Å²) in [6.07, 6.45) is 0. The van der Waals surface area contributed by atoms with Crippen LogP contribution >= 0.6 is 22.6 Å². The van der Waals surface area contributed by atoms with Crippen molar-refractivity contribution >= 4 is 28.3 Å². The van der Waals surface area contributed by atoms with Gasteiger partial charge in [0.1, 0.15) is 11.6 Å². The number of para-hydroxylation sites is 1. The van der Waals surface area contributed by atoms with E-state index in [1.807, 2.05) is 22.6 Å². The van der Waals surface area contributed by atoms with Gasteiger partial charge in [0.25, 0.3) is 0 Å². The molecule has 0 unspecified atom stereocenters. The Kier molecular flexibility index (Phi) is 5.11. The Labute approximate surface area is 128 Å². The first kappa shape index (κ1) is 15.0. The molecule has 0 radical (unpaired) electrons. The van der Waals surface area contributed by atoms with Crippen molar-refractivity contribution in [2.24, 2.45) is 0 Å². The lowest BCUT2D eigenvalue weighted by Gasteiger charge is -2.13. The van der Waals surface area contributed by atoms with Crippen LogP contribution < -0.4 is 10.1 Å². The lowest BCUT2D eigenvalue weighted by Crippen LogP contribution is -2.07. The van der Waals surface area contributed by atoms with Crippen LogP contribution in [0.5, 0.6) is 5.75 Å². The molecule has 6 heteroatoms. The van der Waals surface area contributed by atoms with E-state index in [0.29, 0.717) is 12.1 Å². The molecule has 0 aliphatic heterocycles. The van der Waals surface area contributed by atoms with Gasteiger partial charge in [-0.3, -0.25) is 0 Å². The monoisotopic (exact) mass is 393 g/mol. The molecule has 2 rings (SSSR count). The molecule has 0 heterocycles. The first-order valence-electron chi connectivity index (χ1n) is 5.78. The van der Waals surface area contributed by atoms with Gasteiger partial charge in [0, 0.05) is 21.4 Å². The minimum atomic E-state index is -2.86. The number of ether oxygens (including phenoxy) is 1. The number of anilines is 1. The van der Waals surface area contributed by atoms with E-state index in [-0.39, 0.29) is 11.6 Å². The smallest absolute Gasteiger partial charge is 0.387 e. The SMILES string of the molecule is Fc1ccc(NCc2ccccc2OC(F)F)c(I)c1. The van der Waals surface area contributed by atoms with Gasteiger partial charge in [-0.05, 0) is 46.9 Å². The average Bonchev–Trinajstić information content (AvgIpc) is 2.39. The van der Waals surface area contributed by atoms with Gasteiger partial charge in [0.05, 0.1) is 0 Å². The molecular weight excluding hydrogens is 382 g/mol. The number of hydrogen-bond donors (Lipinski definition) is 1. The molecule has 0 aliphatic rings. The molecule has 0 saturated heterocycles. The summed E-state index contributed by atoms with van der Waals surface area (Å²) < 4.78 is 42.7. The second-order valence-electron chi connectivity index (χ2n) is 3.96. The minimum absolute atomic E-state index is 0.132. The minimum Gasteiger partial charge on any atom is -0.434 e. The fraction of sp³-hybridized carbons (Fsp3) is 0.143. The summed E-state index contributed by atoms with van der Waals surface area (Å²) in [5, 5.41) is 3.07. The normalized spacial score (nSPS) is 10.7. The van der Waals surface area contributed by atoms with Crippen LogP contribution in [0.25, 0.3) is 0 Å². The van der Waals surface area contributed by atoms with E-state index in [4.69, 9.17) is 0 Å². The van der Waals surface area contributed by atoms with Crippen molar-refractivity contribution in [2.45, 2.75) is 13.2 Å².